The lowest BCUT2D eigenvalue weighted by molar-refractivity contribution is -0.137. The number of rotatable bonds is 2. The molecule has 4 rings (SSSR count). The largest absolute Gasteiger partial charge is 0.417 e. The number of pyridine rings is 1. The molecule has 0 unspecified atom stereocenters. The highest BCUT2D eigenvalue weighted by Crippen LogP contribution is 2.36. The highest BCUT2D eigenvalue weighted by Gasteiger charge is 2.36. The van der Waals surface area contributed by atoms with E-state index in [9.17, 15) is 26.7 Å². The number of benzene rings is 1. The van der Waals surface area contributed by atoms with Crippen LogP contribution in [0.1, 0.15) is 21.7 Å². The molecule has 30 heavy (non-hydrogen) atoms. The van der Waals surface area contributed by atoms with Crippen molar-refractivity contribution < 1.29 is 26.7 Å². The first kappa shape index (κ1) is 20.2. The summed E-state index contributed by atoms with van der Waals surface area (Å²) in [5.74, 6) is -2.12. The van der Waals surface area contributed by atoms with Gasteiger partial charge in [0.1, 0.15) is 11.5 Å². The molecule has 12 heteroatoms. The van der Waals surface area contributed by atoms with Gasteiger partial charge in [-0.2, -0.15) is 13.2 Å². The van der Waals surface area contributed by atoms with Crippen molar-refractivity contribution in [1.82, 2.24) is 24.6 Å². The molecule has 1 aromatic carbocycles. The summed E-state index contributed by atoms with van der Waals surface area (Å²) in [6.07, 6.45) is -3.86. The fourth-order valence-electron chi connectivity index (χ4n) is 3.17. The number of amides is 1. The van der Waals surface area contributed by atoms with Crippen LogP contribution in [-0.4, -0.2) is 37.1 Å². The minimum Gasteiger partial charge on any atom is -0.329 e. The first-order valence-corrected chi connectivity index (χ1v) is 8.93. The third kappa shape index (κ3) is 3.49. The van der Waals surface area contributed by atoms with Crippen LogP contribution in [0.15, 0.2) is 30.5 Å². The van der Waals surface area contributed by atoms with Gasteiger partial charge >= 0.3 is 6.18 Å². The Morgan fingerprint density at radius 3 is 2.60 bits per heavy atom. The predicted molar refractivity (Wildman–Crippen MR) is 94.4 cm³/mol. The van der Waals surface area contributed by atoms with Crippen molar-refractivity contribution in [2.75, 3.05) is 6.54 Å². The topological polar surface area (TPSA) is 63.9 Å². The maximum atomic E-state index is 14.0. The van der Waals surface area contributed by atoms with Gasteiger partial charge in [-0.15, -0.1) is 10.2 Å². The minimum absolute atomic E-state index is 0.0618. The number of nitrogens with zero attached hydrogens (tertiary/aromatic N) is 5. The predicted octanol–water partition coefficient (Wildman–Crippen LogP) is 3.95. The summed E-state index contributed by atoms with van der Waals surface area (Å²) in [6.45, 7) is 0.145. The summed E-state index contributed by atoms with van der Waals surface area (Å²) in [4.78, 5) is 17.7. The normalized spacial score (nSPS) is 14.0. The smallest absolute Gasteiger partial charge is 0.329 e. The number of halogens is 6. The summed E-state index contributed by atoms with van der Waals surface area (Å²) in [7, 11) is 0. The Morgan fingerprint density at radius 1 is 1.13 bits per heavy atom. The monoisotopic (exact) mass is 443 g/mol. The van der Waals surface area contributed by atoms with Gasteiger partial charge in [0, 0.05) is 19.2 Å². The zero-order chi connectivity index (χ0) is 21.6. The SMILES string of the molecule is O=C(c1cccc(C(F)(F)F)c1Cl)N1CCn2c(nnc2-c2ncc(F)cc2F)C1. The van der Waals surface area contributed by atoms with E-state index in [2.05, 4.69) is 15.2 Å². The van der Waals surface area contributed by atoms with E-state index in [-0.39, 0.29) is 42.5 Å². The van der Waals surface area contributed by atoms with Crippen LogP contribution < -0.4 is 0 Å². The summed E-state index contributed by atoms with van der Waals surface area (Å²) in [5, 5.41) is 7.09. The van der Waals surface area contributed by atoms with Gasteiger partial charge in [0.25, 0.3) is 5.91 Å². The van der Waals surface area contributed by atoms with E-state index >= 15 is 0 Å². The molecule has 2 aromatic heterocycles. The molecular formula is C18H11ClF5N5O. The summed E-state index contributed by atoms with van der Waals surface area (Å²) in [6, 6.07) is 3.78. The Hall–Kier alpha value is -3.08. The highest BCUT2D eigenvalue weighted by atomic mass is 35.5. The molecule has 3 aromatic rings. The molecule has 0 atom stereocenters. The molecule has 0 saturated heterocycles. The lowest BCUT2D eigenvalue weighted by Crippen LogP contribution is -2.38. The van der Waals surface area contributed by atoms with Crippen LogP contribution >= 0.6 is 11.6 Å². The van der Waals surface area contributed by atoms with E-state index in [4.69, 9.17) is 11.6 Å². The number of hydrogen-bond acceptors (Lipinski definition) is 4. The average molecular weight is 444 g/mol. The molecule has 1 aliphatic rings. The third-order valence-electron chi connectivity index (χ3n) is 4.59. The van der Waals surface area contributed by atoms with Gasteiger partial charge in [-0.1, -0.05) is 17.7 Å². The minimum atomic E-state index is -4.70. The van der Waals surface area contributed by atoms with Gasteiger partial charge < -0.3 is 9.47 Å². The number of fused-ring (bicyclic) bond motifs is 1. The van der Waals surface area contributed by atoms with Crippen molar-refractivity contribution in [3.63, 3.8) is 0 Å². The standard InChI is InChI=1S/C18H11ClF5N5O/c19-14-10(2-1-3-11(14)18(22,23)24)17(30)28-4-5-29-13(8-28)26-27-16(29)15-12(21)6-9(20)7-25-15/h1-3,6-7H,4-5,8H2. The summed E-state index contributed by atoms with van der Waals surface area (Å²) >= 11 is 5.84. The zero-order valence-electron chi connectivity index (χ0n) is 14.9. The Balaban J connectivity index is 1.62. The van der Waals surface area contributed by atoms with E-state index in [1.54, 1.807) is 0 Å². The molecule has 0 fully saturated rings. The first-order chi connectivity index (χ1) is 14.2. The lowest BCUT2D eigenvalue weighted by atomic mass is 10.1. The molecule has 1 aliphatic heterocycles. The van der Waals surface area contributed by atoms with Crippen molar-refractivity contribution in [3.8, 4) is 11.5 Å². The quantitative estimate of drug-likeness (QED) is 0.563. The van der Waals surface area contributed by atoms with Crippen LogP contribution in [-0.2, 0) is 19.3 Å². The Labute approximate surface area is 170 Å². The second-order valence-corrected chi connectivity index (χ2v) is 6.84. The van der Waals surface area contributed by atoms with Gasteiger partial charge in [-0.3, -0.25) is 4.79 Å². The molecule has 3 heterocycles. The molecule has 156 valence electrons. The average Bonchev–Trinajstić information content (AvgIpc) is 3.10. The van der Waals surface area contributed by atoms with Crippen LogP contribution in [0.5, 0.6) is 0 Å². The van der Waals surface area contributed by atoms with Crippen molar-refractivity contribution in [2.45, 2.75) is 19.3 Å². The van der Waals surface area contributed by atoms with Crippen LogP contribution in [0, 0.1) is 11.6 Å². The van der Waals surface area contributed by atoms with Crippen LogP contribution in [0.4, 0.5) is 22.0 Å². The lowest BCUT2D eigenvalue weighted by Gasteiger charge is -2.28. The molecular weight excluding hydrogens is 433 g/mol. The molecule has 6 nitrogen and oxygen atoms in total. The zero-order valence-corrected chi connectivity index (χ0v) is 15.7. The van der Waals surface area contributed by atoms with Crippen molar-refractivity contribution in [3.05, 3.63) is 64.1 Å². The number of carbonyl (C=O) groups excluding carboxylic acids is 1. The van der Waals surface area contributed by atoms with E-state index in [0.717, 1.165) is 18.3 Å². The number of alkyl halides is 3. The second kappa shape index (κ2) is 7.31. The molecule has 1 amide bonds. The van der Waals surface area contributed by atoms with Crippen LogP contribution in [0.2, 0.25) is 5.02 Å². The van der Waals surface area contributed by atoms with Gasteiger partial charge in [0.05, 0.1) is 28.9 Å². The molecule has 0 spiro atoms. The van der Waals surface area contributed by atoms with Crippen molar-refractivity contribution >= 4 is 17.5 Å². The molecule has 0 N–H and O–H groups in total. The van der Waals surface area contributed by atoms with Gasteiger partial charge in [0.15, 0.2) is 17.5 Å². The number of carbonyl (C=O) groups is 1. The number of hydrogen-bond donors (Lipinski definition) is 0. The maximum absolute atomic E-state index is 14.0. The van der Waals surface area contributed by atoms with E-state index in [1.165, 1.54) is 15.5 Å². The summed E-state index contributed by atoms with van der Waals surface area (Å²) < 4.78 is 67.8. The Kier molecular flexibility index (Phi) is 4.92. The Morgan fingerprint density at radius 2 is 1.90 bits per heavy atom. The van der Waals surface area contributed by atoms with Gasteiger partial charge in [-0.05, 0) is 12.1 Å². The number of aromatic nitrogens is 4. The van der Waals surface area contributed by atoms with Crippen LogP contribution in [0.25, 0.3) is 11.5 Å². The van der Waals surface area contributed by atoms with Crippen molar-refractivity contribution in [2.24, 2.45) is 0 Å². The molecule has 0 saturated carbocycles. The first-order valence-electron chi connectivity index (χ1n) is 8.55. The van der Waals surface area contributed by atoms with Crippen LogP contribution in [0.3, 0.4) is 0 Å². The molecule has 0 aliphatic carbocycles. The second-order valence-electron chi connectivity index (χ2n) is 6.47. The van der Waals surface area contributed by atoms with Gasteiger partial charge in [-0.25, -0.2) is 13.8 Å². The third-order valence-corrected chi connectivity index (χ3v) is 5.00. The molecule has 0 bridgehead atoms. The molecule has 0 radical (unpaired) electrons. The fourth-order valence-corrected chi connectivity index (χ4v) is 3.49. The Bertz CT molecular complexity index is 1150. The van der Waals surface area contributed by atoms with E-state index in [0.29, 0.717) is 6.07 Å². The van der Waals surface area contributed by atoms with E-state index < -0.39 is 34.3 Å². The fraction of sp³-hybridized carbons (Fsp3) is 0.222. The highest BCUT2D eigenvalue weighted by molar-refractivity contribution is 6.34. The van der Waals surface area contributed by atoms with Gasteiger partial charge in [0.2, 0.25) is 0 Å². The van der Waals surface area contributed by atoms with E-state index in [1.807, 2.05) is 0 Å². The maximum Gasteiger partial charge on any atom is 0.417 e. The van der Waals surface area contributed by atoms with Crippen molar-refractivity contribution in [1.29, 1.82) is 0 Å². The summed E-state index contributed by atoms with van der Waals surface area (Å²) in [5.41, 5.74) is -1.59.